The molecule has 1 aromatic carbocycles. The fourth-order valence-corrected chi connectivity index (χ4v) is 3.77. The molecule has 4 heterocycles. The molecule has 0 saturated carbocycles. The molecule has 2 aromatic heterocycles. The van der Waals surface area contributed by atoms with Gasteiger partial charge in [0.1, 0.15) is 25.4 Å². The molecule has 5 rings (SSSR count). The molecule has 0 amide bonds. The maximum atomic E-state index is 5.76. The highest BCUT2D eigenvalue weighted by Gasteiger charge is 2.29. The van der Waals surface area contributed by atoms with Crippen molar-refractivity contribution in [2.24, 2.45) is 0 Å². The lowest BCUT2D eigenvalue weighted by atomic mass is 10.0. The highest BCUT2D eigenvalue weighted by Crippen LogP contribution is 2.40. The molecule has 25 heavy (non-hydrogen) atoms. The summed E-state index contributed by atoms with van der Waals surface area (Å²) >= 11 is 0. The van der Waals surface area contributed by atoms with Crippen LogP contribution in [-0.4, -0.2) is 39.3 Å². The molecule has 7 nitrogen and oxygen atoms in total. The minimum Gasteiger partial charge on any atom is -0.486 e. The van der Waals surface area contributed by atoms with E-state index in [1.807, 2.05) is 17.5 Å². The van der Waals surface area contributed by atoms with Gasteiger partial charge in [-0.05, 0) is 37.5 Å². The number of hydrogen-bond acceptors (Lipinski definition) is 6. The van der Waals surface area contributed by atoms with Gasteiger partial charge in [0.15, 0.2) is 11.5 Å². The second-order valence-electron chi connectivity index (χ2n) is 6.48. The maximum Gasteiger partial charge on any atom is 0.254 e. The van der Waals surface area contributed by atoms with Gasteiger partial charge in [-0.15, -0.1) is 0 Å². The van der Waals surface area contributed by atoms with Gasteiger partial charge in [0.2, 0.25) is 0 Å². The standard InChI is InChI=1S/C18H19N5O2/c1-12-9-17(23-18(21-12)19-11-20-23)22-6-2-3-14(22)13-4-5-15-16(10-13)25-8-7-24-15/h4-5,9-11,14H,2-3,6-8H2,1H3. The number of aromatic nitrogens is 4. The van der Waals surface area contributed by atoms with Crippen molar-refractivity contribution in [1.29, 1.82) is 0 Å². The Labute approximate surface area is 145 Å². The number of ether oxygens (including phenoxy) is 2. The molecule has 0 bridgehead atoms. The first-order valence-electron chi connectivity index (χ1n) is 8.63. The van der Waals surface area contributed by atoms with Gasteiger partial charge in [0.05, 0.1) is 6.04 Å². The van der Waals surface area contributed by atoms with Crippen molar-refractivity contribution in [2.45, 2.75) is 25.8 Å². The largest absolute Gasteiger partial charge is 0.486 e. The van der Waals surface area contributed by atoms with Gasteiger partial charge in [0.25, 0.3) is 5.78 Å². The molecule has 2 aliphatic heterocycles. The molecule has 2 aliphatic rings. The summed E-state index contributed by atoms with van der Waals surface area (Å²) in [5, 5.41) is 4.36. The van der Waals surface area contributed by atoms with Crippen molar-refractivity contribution >= 4 is 11.6 Å². The van der Waals surface area contributed by atoms with Gasteiger partial charge in [-0.2, -0.15) is 14.6 Å². The first kappa shape index (κ1) is 14.5. The second-order valence-corrected chi connectivity index (χ2v) is 6.48. The lowest BCUT2D eigenvalue weighted by molar-refractivity contribution is 0.171. The first-order chi connectivity index (χ1) is 12.3. The third kappa shape index (κ3) is 2.38. The summed E-state index contributed by atoms with van der Waals surface area (Å²) in [6, 6.07) is 8.64. The minimum absolute atomic E-state index is 0.282. The zero-order valence-corrected chi connectivity index (χ0v) is 14.1. The zero-order valence-electron chi connectivity index (χ0n) is 14.1. The Bertz CT molecular complexity index is 938. The van der Waals surface area contributed by atoms with Crippen LogP contribution < -0.4 is 14.4 Å². The highest BCUT2D eigenvalue weighted by molar-refractivity contribution is 5.52. The van der Waals surface area contributed by atoms with Crippen molar-refractivity contribution in [2.75, 3.05) is 24.7 Å². The Morgan fingerprint density at radius 3 is 2.92 bits per heavy atom. The molecular weight excluding hydrogens is 318 g/mol. The smallest absolute Gasteiger partial charge is 0.254 e. The minimum atomic E-state index is 0.282. The Morgan fingerprint density at radius 2 is 2.00 bits per heavy atom. The van der Waals surface area contributed by atoms with Crippen LogP contribution in [0.2, 0.25) is 0 Å². The zero-order chi connectivity index (χ0) is 16.8. The summed E-state index contributed by atoms with van der Waals surface area (Å²) in [6.07, 6.45) is 3.79. The number of aryl methyl sites for hydroxylation is 1. The number of benzene rings is 1. The lowest BCUT2D eigenvalue weighted by Crippen LogP contribution is -2.25. The summed E-state index contributed by atoms with van der Waals surface area (Å²) in [7, 11) is 0. The van der Waals surface area contributed by atoms with E-state index < -0.39 is 0 Å². The van der Waals surface area contributed by atoms with Crippen LogP contribution in [0.5, 0.6) is 11.5 Å². The van der Waals surface area contributed by atoms with E-state index in [2.05, 4.69) is 38.2 Å². The van der Waals surface area contributed by atoms with Crippen LogP contribution in [0.1, 0.15) is 30.1 Å². The quantitative estimate of drug-likeness (QED) is 0.716. The van der Waals surface area contributed by atoms with Crippen LogP contribution in [0.4, 0.5) is 5.82 Å². The second kappa shape index (κ2) is 5.61. The molecule has 1 atom stereocenters. The first-order valence-corrected chi connectivity index (χ1v) is 8.63. The van der Waals surface area contributed by atoms with Crippen molar-refractivity contribution in [1.82, 2.24) is 19.6 Å². The van der Waals surface area contributed by atoms with Crippen LogP contribution in [0.3, 0.4) is 0 Å². The summed E-state index contributed by atoms with van der Waals surface area (Å²) in [4.78, 5) is 11.1. The molecule has 0 radical (unpaired) electrons. The van der Waals surface area contributed by atoms with Gasteiger partial charge >= 0.3 is 0 Å². The van der Waals surface area contributed by atoms with Crippen LogP contribution in [0.25, 0.3) is 5.78 Å². The predicted molar refractivity (Wildman–Crippen MR) is 92.3 cm³/mol. The summed E-state index contributed by atoms with van der Waals surface area (Å²) in [6.45, 7) is 4.20. The number of anilines is 1. The van der Waals surface area contributed by atoms with Crippen molar-refractivity contribution < 1.29 is 9.47 Å². The molecule has 1 unspecified atom stereocenters. The fraction of sp³-hybridized carbons (Fsp3) is 0.389. The summed E-state index contributed by atoms with van der Waals surface area (Å²) in [5.74, 6) is 3.35. The number of hydrogen-bond donors (Lipinski definition) is 0. The Hall–Kier alpha value is -2.83. The predicted octanol–water partition coefficient (Wildman–Crippen LogP) is 2.55. The molecule has 1 fully saturated rings. The SMILES string of the molecule is Cc1cc(N2CCCC2c2ccc3c(c2)OCCO3)n2ncnc2n1. The van der Waals surface area contributed by atoms with Crippen LogP contribution in [-0.2, 0) is 0 Å². The van der Waals surface area contributed by atoms with Crippen molar-refractivity contribution in [3.8, 4) is 11.5 Å². The van der Waals surface area contributed by atoms with E-state index in [1.54, 1.807) is 6.33 Å². The molecule has 0 spiro atoms. The number of rotatable bonds is 2. The van der Waals surface area contributed by atoms with E-state index in [-0.39, 0.29) is 6.04 Å². The van der Waals surface area contributed by atoms with E-state index in [0.717, 1.165) is 42.4 Å². The Kier molecular flexibility index (Phi) is 3.26. The molecule has 128 valence electrons. The number of fused-ring (bicyclic) bond motifs is 2. The van der Waals surface area contributed by atoms with E-state index >= 15 is 0 Å². The van der Waals surface area contributed by atoms with Crippen LogP contribution in [0, 0.1) is 6.92 Å². The molecule has 7 heteroatoms. The average molecular weight is 337 g/mol. The van der Waals surface area contributed by atoms with E-state index in [1.165, 1.54) is 5.56 Å². The topological polar surface area (TPSA) is 64.8 Å². The monoisotopic (exact) mass is 337 g/mol. The number of nitrogens with zero attached hydrogens (tertiary/aromatic N) is 5. The molecule has 0 aliphatic carbocycles. The van der Waals surface area contributed by atoms with Crippen molar-refractivity contribution in [3.63, 3.8) is 0 Å². The normalized spacial score (nSPS) is 19.6. The summed E-state index contributed by atoms with van der Waals surface area (Å²) < 4.78 is 13.2. The summed E-state index contributed by atoms with van der Waals surface area (Å²) in [5.41, 5.74) is 2.19. The van der Waals surface area contributed by atoms with Crippen LogP contribution >= 0.6 is 0 Å². The van der Waals surface area contributed by atoms with E-state index in [4.69, 9.17) is 9.47 Å². The van der Waals surface area contributed by atoms with Crippen molar-refractivity contribution in [3.05, 3.63) is 41.9 Å². The van der Waals surface area contributed by atoms with Gasteiger partial charge in [0, 0.05) is 18.3 Å². The van der Waals surface area contributed by atoms with Gasteiger partial charge < -0.3 is 14.4 Å². The van der Waals surface area contributed by atoms with Gasteiger partial charge in [-0.1, -0.05) is 6.07 Å². The van der Waals surface area contributed by atoms with Gasteiger partial charge in [-0.25, -0.2) is 4.98 Å². The lowest BCUT2D eigenvalue weighted by Gasteiger charge is -2.28. The third-order valence-corrected chi connectivity index (χ3v) is 4.86. The fourth-order valence-electron chi connectivity index (χ4n) is 3.77. The van der Waals surface area contributed by atoms with E-state index in [9.17, 15) is 0 Å². The average Bonchev–Trinajstić information content (AvgIpc) is 3.29. The maximum absolute atomic E-state index is 5.76. The molecular formula is C18H19N5O2. The van der Waals surface area contributed by atoms with Gasteiger partial charge in [-0.3, -0.25) is 0 Å². The third-order valence-electron chi connectivity index (χ3n) is 4.86. The Morgan fingerprint density at radius 1 is 1.12 bits per heavy atom. The Balaban J connectivity index is 1.56. The molecule has 1 saturated heterocycles. The molecule has 0 N–H and O–H groups in total. The van der Waals surface area contributed by atoms with E-state index in [0.29, 0.717) is 19.0 Å². The highest BCUT2D eigenvalue weighted by atomic mass is 16.6. The molecule has 3 aromatic rings. The van der Waals surface area contributed by atoms with Crippen LogP contribution in [0.15, 0.2) is 30.6 Å².